The molecule has 3 nitrogen and oxygen atoms in total. The molecule has 1 atom stereocenters. The maximum Gasteiger partial charge on any atom is 0.179 e. The Morgan fingerprint density at radius 2 is 2.14 bits per heavy atom. The van der Waals surface area contributed by atoms with Crippen LogP contribution in [0.3, 0.4) is 0 Å². The van der Waals surface area contributed by atoms with Crippen molar-refractivity contribution >= 4 is 16.1 Å². The van der Waals surface area contributed by atoms with E-state index in [0.29, 0.717) is 16.0 Å². The van der Waals surface area contributed by atoms with Crippen LogP contribution in [0, 0.1) is 0 Å². The van der Waals surface area contributed by atoms with E-state index in [1.807, 2.05) is 6.92 Å². The van der Waals surface area contributed by atoms with Gasteiger partial charge in [0.2, 0.25) is 0 Å². The van der Waals surface area contributed by atoms with Crippen LogP contribution in [0.5, 0.6) is 0 Å². The third-order valence-electron chi connectivity index (χ3n) is 2.52. The highest BCUT2D eigenvalue weighted by atomic mass is 32.2. The number of sulfone groups is 1. The number of carbonyl (C=O) groups excluding carboxylic acids is 1. The molecule has 0 N–H and O–H groups in total. The molecule has 0 fully saturated rings. The molecule has 74 valence electrons. The molecule has 0 saturated heterocycles. The van der Waals surface area contributed by atoms with Crippen molar-refractivity contribution in [3.05, 3.63) is 29.3 Å². The lowest BCUT2D eigenvalue weighted by Crippen LogP contribution is -2.00. The average Bonchev–Trinajstić information content (AvgIpc) is 2.38. The molecule has 0 aliphatic carbocycles. The van der Waals surface area contributed by atoms with Gasteiger partial charge in [-0.15, -0.1) is 0 Å². The topological polar surface area (TPSA) is 51.2 Å². The summed E-state index contributed by atoms with van der Waals surface area (Å²) in [5.41, 5.74) is 1.18. The summed E-state index contributed by atoms with van der Waals surface area (Å²) in [6, 6.07) is 4.84. The normalized spacial score (nSPS) is 23.1. The second kappa shape index (κ2) is 2.92. The van der Waals surface area contributed by atoms with Crippen LogP contribution in [-0.4, -0.2) is 20.5 Å². The fraction of sp³-hybridized carbons (Fsp3) is 0.300. The lowest BCUT2D eigenvalue weighted by molar-refractivity contribution is 0.112. The fourth-order valence-electron chi connectivity index (χ4n) is 1.96. The standard InChI is InChI=1S/C10H10O3S/c1-7-6-14(12,13)9-4-2-3-8(5-11)10(7)9/h2-5,7H,6H2,1H3. The lowest BCUT2D eigenvalue weighted by atomic mass is 9.98. The Morgan fingerprint density at radius 3 is 2.79 bits per heavy atom. The molecule has 0 saturated carbocycles. The highest BCUT2D eigenvalue weighted by Gasteiger charge is 2.33. The summed E-state index contributed by atoms with van der Waals surface area (Å²) >= 11 is 0. The molecule has 0 aromatic heterocycles. The van der Waals surface area contributed by atoms with Crippen molar-refractivity contribution in [1.29, 1.82) is 0 Å². The van der Waals surface area contributed by atoms with Gasteiger partial charge in [-0.2, -0.15) is 0 Å². The van der Waals surface area contributed by atoms with Crippen molar-refractivity contribution in [3.63, 3.8) is 0 Å². The van der Waals surface area contributed by atoms with Crippen molar-refractivity contribution < 1.29 is 13.2 Å². The molecule has 1 unspecified atom stereocenters. The number of fused-ring (bicyclic) bond motifs is 1. The second-order valence-electron chi connectivity index (χ2n) is 3.56. The smallest absolute Gasteiger partial charge is 0.179 e. The Balaban J connectivity index is 2.80. The molecule has 1 aromatic carbocycles. The van der Waals surface area contributed by atoms with Crippen LogP contribution in [0.2, 0.25) is 0 Å². The third kappa shape index (κ3) is 1.18. The molecule has 1 aliphatic heterocycles. The molecule has 1 aromatic rings. The maximum absolute atomic E-state index is 11.6. The van der Waals surface area contributed by atoms with Gasteiger partial charge in [0.05, 0.1) is 10.6 Å². The van der Waals surface area contributed by atoms with Crippen LogP contribution in [0.25, 0.3) is 0 Å². The molecular weight excluding hydrogens is 200 g/mol. The van der Waals surface area contributed by atoms with Gasteiger partial charge in [-0.05, 0) is 17.5 Å². The van der Waals surface area contributed by atoms with E-state index >= 15 is 0 Å². The van der Waals surface area contributed by atoms with Gasteiger partial charge >= 0.3 is 0 Å². The van der Waals surface area contributed by atoms with E-state index < -0.39 is 9.84 Å². The molecule has 2 rings (SSSR count). The Hall–Kier alpha value is -1.16. The summed E-state index contributed by atoms with van der Waals surface area (Å²) in [5, 5.41) is 0. The second-order valence-corrected chi connectivity index (χ2v) is 5.56. The molecule has 1 heterocycles. The molecule has 14 heavy (non-hydrogen) atoms. The number of carbonyl (C=O) groups is 1. The summed E-state index contributed by atoms with van der Waals surface area (Å²) in [5.74, 6) is 0.0455. The quantitative estimate of drug-likeness (QED) is 0.658. The van der Waals surface area contributed by atoms with Gasteiger partial charge in [0, 0.05) is 5.56 Å². The molecule has 0 spiro atoms. The number of aldehydes is 1. The van der Waals surface area contributed by atoms with Gasteiger partial charge in [0.25, 0.3) is 0 Å². The van der Waals surface area contributed by atoms with Crippen LogP contribution in [0.15, 0.2) is 23.1 Å². The van der Waals surface area contributed by atoms with Crippen molar-refractivity contribution in [3.8, 4) is 0 Å². The Kier molecular flexibility index (Phi) is 1.96. The first-order valence-corrected chi connectivity index (χ1v) is 6.02. The summed E-state index contributed by atoms with van der Waals surface area (Å²) < 4.78 is 23.2. The van der Waals surface area contributed by atoms with E-state index in [2.05, 4.69) is 0 Å². The zero-order valence-electron chi connectivity index (χ0n) is 7.73. The van der Waals surface area contributed by atoms with Crippen LogP contribution in [0.4, 0.5) is 0 Å². The maximum atomic E-state index is 11.6. The number of hydrogen-bond acceptors (Lipinski definition) is 3. The predicted octanol–water partition coefficient (Wildman–Crippen LogP) is 1.39. The SMILES string of the molecule is CC1CS(=O)(=O)c2cccc(C=O)c21. The van der Waals surface area contributed by atoms with E-state index in [-0.39, 0.29) is 11.7 Å². The van der Waals surface area contributed by atoms with E-state index in [9.17, 15) is 13.2 Å². The van der Waals surface area contributed by atoms with Crippen molar-refractivity contribution in [1.82, 2.24) is 0 Å². The molecule has 4 heteroatoms. The fourth-order valence-corrected chi connectivity index (χ4v) is 3.91. The molecule has 0 bridgehead atoms. The summed E-state index contributed by atoms with van der Waals surface area (Å²) in [7, 11) is -3.15. The Bertz CT molecular complexity index is 488. The molecule has 1 aliphatic rings. The Labute approximate surface area is 82.7 Å². The van der Waals surface area contributed by atoms with Gasteiger partial charge < -0.3 is 0 Å². The highest BCUT2D eigenvalue weighted by molar-refractivity contribution is 7.91. The van der Waals surface area contributed by atoms with Crippen LogP contribution >= 0.6 is 0 Å². The average molecular weight is 210 g/mol. The van der Waals surface area contributed by atoms with Gasteiger partial charge in [-0.1, -0.05) is 19.1 Å². The van der Waals surface area contributed by atoms with Gasteiger partial charge in [-0.25, -0.2) is 8.42 Å². The predicted molar refractivity (Wildman–Crippen MR) is 52.3 cm³/mol. The third-order valence-corrected chi connectivity index (χ3v) is 4.49. The number of benzene rings is 1. The first-order valence-electron chi connectivity index (χ1n) is 4.37. The summed E-state index contributed by atoms with van der Waals surface area (Å²) in [6.07, 6.45) is 0.718. The van der Waals surface area contributed by atoms with E-state index in [4.69, 9.17) is 0 Å². The first-order chi connectivity index (χ1) is 6.56. The van der Waals surface area contributed by atoms with Gasteiger partial charge in [0.1, 0.15) is 6.29 Å². The van der Waals surface area contributed by atoms with Crippen LogP contribution < -0.4 is 0 Å². The number of rotatable bonds is 1. The first kappa shape index (κ1) is 9.40. The Morgan fingerprint density at radius 1 is 1.43 bits per heavy atom. The van der Waals surface area contributed by atoms with E-state index in [1.54, 1.807) is 18.2 Å². The van der Waals surface area contributed by atoms with Crippen LogP contribution in [0.1, 0.15) is 28.8 Å². The zero-order valence-corrected chi connectivity index (χ0v) is 8.54. The lowest BCUT2D eigenvalue weighted by Gasteiger charge is -2.04. The minimum atomic E-state index is -3.15. The van der Waals surface area contributed by atoms with Crippen molar-refractivity contribution in [2.45, 2.75) is 17.7 Å². The summed E-state index contributed by atoms with van der Waals surface area (Å²) in [6.45, 7) is 1.83. The monoisotopic (exact) mass is 210 g/mol. The molecule has 0 radical (unpaired) electrons. The number of hydrogen-bond donors (Lipinski definition) is 0. The van der Waals surface area contributed by atoms with Gasteiger partial charge in [-0.3, -0.25) is 4.79 Å². The van der Waals surface area contributed by atoms with E-state index in [0.717, 1.165) is 6.29 Å². The summed E-state index contributed by atoms with van der Waals surface area (Å²) in [4.78, 5) is 11.1. The highest BCUT2D eigenvalue weighted by Crippen LogP contribution is 2.36. The van der Waals surface area contributed by atoms with Gasteiger partial charge in [0.15, 0.2) is 9.84 Å². The minimum absolute atomic E-state index is 0.0728. The van der Waals surface area contributed by atoms with Crippen LogP contribution in [-0.2, 0) is 9.84 Å². The zero-order chi connectivity index (χ0) is 10.3. The minimum Gasteiger partial charge on any atom is -0.298 e. The molecular formula is C10H10O3S. The molecule has 0 amide bonds. The largest absolute Gasteiger partial charge is 0.298 e. The van der Waals surface area contributed by atoms with Crippen molar-refractivity contribution in [2.75, 3.05) is 5.75 Å². The van der Waals surface area contributed by atoms with E-state index in [1.165, 1.54) is 0 Å². The van der Waals surface area contributed by atoms with Crippen molar-refractivity contribution in [2.24, 2.45) is 0 Å².